The molecule has 6 nitrogen and oxygen atoms in total. The Labute approximate surface area is 157 Å². The Morgan fingerprint density at radius 3 is 2.41 bits per heavy atom. The highest BCUT2D eigenvalue weighted by Crippen LogP contribution is 2.40. The molecule has 3 unspecified atom stereocenters. The van der Waals surface area contributed by atoms with Crippen molar-refractivity contribution in [3.05, 3.63) is 18.2 Å². The molecule has 2 N–H and O–H groups in total. The number of hydrogen-bond donors (Lipinski definition) is 2. The van der Waals surface area contributed by atoms with E-state index in [1.165, 1.54) is 49.7 Å². The number of fused-ring (bicyclic) bond motifs is 1. The van der Waals surface area contributed by atoms with Crippen molar-refractivity contribution < 1.29 is 18.3 Å². The second-order valence-electron chi connectivity index (χ2n) is 7.65. The number of alkyl halides is 3. The van der Waals surface area contributed by atoms with E-state index in [1.54, 1.807) is 7.05 Å². The molecule has 1 aromatic heterocycles. The highest BCUT2D eigenvalue weighted by Gasteiger charge is 2.57. The summed E-state index contributed by atoms with van der Waals surface area (Å²) >= 11 is 0. The maximum absolute atomic E-state index is 13.6. The van der Waals surface area contributed by atoms with Gasteiger partial charge in [0.05, 0.1) is 0 Å². The zero-order valence-electron chi connectivity index (χ0n) is 15.8. The minimum absolute atomic E-state index is 0.0542. The number of imidazole rings is 1. The predicted molar refractivity (Wildman–Crippen MR) is 96.2 cm³/mol. The van der Waals surface area contributed by atoms with Gasteiger partial charge in [0, 0.05) is 52.5 Å². The average Bonchev–Trinajstić information content (AvgIpc) is 3.23. The van der Waals surface area contributed by atoms with Crippen molar-refractivity contribution in [2.45, 2.75) is 43.9 Å². The first-order chi connectivity index (χ1) is 12.8. The largest absolute Gasteiger partial charge is 0.424 e. The third-order valence-corrected chi connectivity index (χ3v) is 5.92. The van der Waals surface area contributed by atoms with Gasteiger partial charge in [0.25, 0.3) is 0 Å². The minimum atomic E-state index is -4.82. The number of aromatic nitrogens is 2. The number of hydrogen-bond acceptors (Lipinski definition) is 3. The van der Waals surface area contributed by atoms with E-state index < -0.39 is 24.0 Å². The molecule has 0 bridgehead atoms. The Kier molecular flexibility index (Phi) is 5.69. The number of aliphatic imine (C=N–C) groups is 1. The van der Waals surface area contributed by atoms with Crippen LogP contribution in [-0.2, 0) is 12.6 Å². The maximum Gasteiger partial charge on any atom is 0.424 e. The molecule has 152 valence electrons. The fourth-order valence-corrected chi connectivity index (χ4v) is 4.41. The van der Waals surface area contributed by atoms with Gasteiger partial charge in [-0.1, -0.05) is 12.8 Å². The quantitative estimate of drug-likeness (QED) is 0.614. The van der Waals surface area contributed by atoms with E-state index in [1.807, 2.05) is 0 Å². The summed E-state index contributed by atoms with van der Waals surface area (Å²) in [5.41, 5.74) is -3.00. The van der Waals surface area contributed by atoms with Gasteiger partial charge in [-0.3, -0.25) is 4.99 Å². The van der Waals surface area contributed by atoms with E-state index >= 15 is 0 Å². The summed E-state index contributed by atoms with van der Waals surface area (Å²) in [4.78, 5) is 10.1. The summed E-state index contributed by atoms with van der Waals surface area (Å²) in [7, 11) is 3.08. The van der Waals surface area contributed by atoms with Gasteiger partial charge < -0.3 is 19.9 Å². The first kappa shape index (κ1) is 20.0. The lowest BCUT2D eigenvalue weighted by atomic mass is 9.82. The van der Waals surface area contributed by atoms with Gasteiger partial charge in [-0.2, -0.15) is 13.2 Å². The van der Waals surface area contributed by atoms with Crippen LogP contribution >= 0.6 is 0 Å². The molecule has 9 heteroatoms. The zero-order valence-corrected chi connectivity index (χ0v) is 15.8. The number of aryl methyl sites for hydroxylation is 1. The lowest BCUT2D eigenvalue weighted by Gasteiger charge is -2.30. The van der Waals surface area contributed by atoms with Gasteiger partial charge in [0.15, 0.2) is 5.96 Å². The first-order valence-electron chi connectivity index (χ1n) is 9.49. The maximum atomic E-state index is 13.6. The summed E-state index contributed by atoms with van der Waals surface area (Å²) in [6, 6.07) is 0. The van der Waals surface area contributed by atoms with Crippen molar-refractivity contribution in [3.63, 3.8) is 0 Å². The number of nitrogens with zero attached hydrogens (tertiary/aromatic N) is 4. The molecule has 1 aromatic rings. The van der Waals surface area contributed by atoms with Crippen LogP contribution in [0.4, 0.5) is 13.2 Å². The molecule has 0 amide bonds. The third-order valence-electron chi connectivity index (χ3n) is 5.92. The number of nitrogens with one attached hydrogen (secondary N) is 1. The normalized spacial score (nSPS) is 26.0. The summed E-state index contributed by atoms with van der Waals surface area (Å²) in [6.07, 6.45) is 2.22. The molecule has 2 fully saturated rings. The highest BCUT2D eigenvalue weighted by molar-refractivity contribution is 5.80. The highest BCUT2D eigenvalue weighted by atomic mass is 19.4. The van der Waals surface area contributed by atoms with E-state index in [0.717, 1.165) is 13.1 Å². The summed E-state index contributed by atoms with van der Waals surface area (Å²) in [6.45, 7) is 1.74. The lowest BCUT2D eigenvalue weighted by Crippen LogP contribution is -2.48. The molecule has 0 radical (unpaired) electrons. The molecule has 0 spiro atoms. The fraction of sp³-hybridized carbons (Fsp3) is 0.778. The lowest BCUT2D eigenvalue weighted by molar-refractivity contribution is -0.272. The molecule has 3 rings (SSSR count). The van der Waals surface area contributed by atoms with Crippen LogP contribution in [0.2, 0.25) is 0 Å². The molecule has 0 aromatic carbocycles. The number of rotatable bonds is 4. The van der Waals surface area contributed by atoms with Crippen LogP contribution in [-0.4, -0.2) is 58.4 Å². The van der Waals surface area contributed by atoms with Gasteiger partial charge >= 0.3 is 6.18 Å². The van der Waals surface area contributed by atoms with Gasteiger partial charge in [0.1, 0.15) is 5.82 Å². The Hall–Kier alpha value is -1.77. The molecule has 2 heterocycles. The van der Waals surface area contributed by atoms with Crippen LogP contribution in [0, 0.1) is 11.8 Å². The van der Waals surface area contributed by atoms with Crippen LogP contribution in [0.1, 0.15) is 37.9 Å². The SMILES string of the molecule is CN=C(NCCC(O)(c1nccn1C)C(F)(F)F)N1CC2CCCCC2C1. The summed E-state index contributed by atoms with van der Waals surface area (Å²) in [5.74, 6) is 1.50. The molecule has 2 aliphatic rings. The average molecular weight is 387 g/mol. The van der Waals surface area contributed by atoms with Crippen molar-refractivity contribution in [1.29, 1.82) is 0 Å². The Bertz CT molecular complexity index is 660. The second-order valence-corrected chi connectivity index (χ2v) is 7.65. The van der Waals surface area contributed by atoms with Gasteiger partial charge in [0.2, 0.25) is 5.60 Å². The van der Waals surface area contributed by atoms with Crippen molar-refractivity contribution in [1.82, 2.24) is 19.8 Å². The number of halogens is 3. The Morgan fingerprint density at radius 1 is 1.30 bits per heavy atom. The van der Waals surface area contributed by atoms with Crippen molar-refractivity contribution in [3.8, 4) is 0 Å². The van der Waals surface area contributed by atoms with Crippen LogP contribution < -0.4 is 5.32 Å². The number of guanidine groups is 1. The van der Waals surface area contributed by atoms with Gasteiger partial charge in [-0.15, -0.1) is 0 Å². The second kappa shape index (κ2) is 7.69. The van der Waals surface area contributed by atoms with Gasteiger partial charge in [-0.05, 0) is 24.7 Å². The number of aliphatic hydroxyl groups is 1. The predicted octanol–water partition coefficient (Wildman–Crippen LogP) is 2.26. The molecule has 1 saturated heterocycles. The van der Waals surface area contributed by atoms with Crippen LogP contribution in [0.3, 0.4) is 0 Å². The molecule has 1 aliphatic carbocycles. The smallest absolute Gasteiger partial charge is 0.374 e. The molecule has 3 atom stereocenters. The van der Waals surface area contributed by atoms with E-state index in [-0.39, 0.29) is 6.54 Å². The Morgan fingerprint density at radius 2 is 1.93 bits per heavy atom. The monoisotopic (exact) mass is 387 g/mol. The van der Waals surface area contributed by atoms with Gasteiger partial charge in [-0.25, -0.2) is 4.98 Å². The summed E-state index contributed by atoms with van der Waals surface area (Å²) < 4.78 is 42.0. The van der Waals surface area contributed by atoms with Crippen molar-refractivity contribution in [2.24, 2.45) is 23.9 Å². The summed E-state index contributed by atoms with van der Waals surface area (Å²) in [5, 5.41) is 13.4. The van der Waals surface area contributed by atoms with E-state index in [2.05, 4.69) is 20.2 Å². The number of likely N-dealkylation sites (tertiary alicyclic amines) is 1. The van der Waals surface area contributed by atoms with E-state index in [4.69, 9.17) is 0 Å². The standard InChI is InChI=1S/C18H28F3N5O/c1-22-16(26-11-13-5-3-4-6-14(13)12-26)24-8-7-17(27,18(19,20)21)15-23-9-10-25(15)2/h9-10,13-14,27H,3-8,11-12H2,1-2H3,(H,22,24). The molecular weight excluding hydrogens is 359 g/mol. The molecular formula is C18H28F3N5O. The van der Waals surface area contributed by atoms with Crippen LogP contribution in [0.15, 0.2) is 17.4 Å². The van der Waals surface area contributed by atoms with Crippen molar-refractivity contribution in [2.75, 3.05) is 26.7 Å². The fourth-order valence-electron chi connectivity index (χ4n) is 4.41. The van der Waals surface area contributed by atoms with Crippen molar-refractivity contribution >= 4 is 5.96 Å². The molecule has 27 heavy (non-hydrogen) atoms. The van der Waals surface area contributed by atoms with E-state index in [0.29, 0.717) is 17.8 Å². The zero-order chi connectivity index (χ0) is 19.7. The third kappa shape index (κ3) is 3.93. The first-order valence-corrected chi connectivity index (χ1v) is 9.49. The topological polar surface area (TPSA) is 65.7 Å². The molecule has 1 aliphatic heterocycles. The van der Waals surface area contributed by atoms with E-state index in [9.17, 15) is 18.3 Å². The molecule has 1 saturated carbocycles. The van der Waals surface area contributed by atoms with Crippen LogP contribution in [0.25, 0.3) is 0 Å². The minimum Gasteiger partial charge on any atom is -0.374 e. The van der Waals surface area contributed by atoms with Crippen LogP contribution in [0.5, 0.6) is 0 Å². The Balaban J connectivity index is 1.63.